The summed E-state index contributed by atoms with van der Waals surface area (Å²) in [5.41, 5.74) is 0. The number of hydrogen-bond acceptors (Lipinski definition) is 3. The van der Waals surface area contributed by atoms with Crippen LogP contribution in [0.5, 0.6) is 0 Å². The molecule has 0 radical (unpaired) electrons. The lowest BCUT2D eigenvalue weighted by Gasteiger charge is -2.34. The predicted molar refractivity (Wildman–Crippen MR) is 66.8 cm³/mol. The standard InChI is InChI=1S/C13H24N2O2/c1-2-17-10-13(16)15-7-4-11(5-8-15)12-3-6-14-9-12/h11-12,14H,2-10H2,1H3. The molecule has 0 aliphatic carbocycles. The summed E-state index contributed by atoms with van der Waals surface area (Å²) < 4.78 is 5.17. The fraction of sp³-hybridized carbons (Fsp3) is 0.923. The highest BCUT2D eigenvalue weighted by molar-refractivity contribution is 5.77. The van der Waals surface area contributed by atoms with Crippen molar-refractivity contribution in [2.45, 2.75) is 26.2 Å². The van der Waals surface area contributed by atoms with E-state index in [1.54, 1.807) is 0 Å². The molecule has 17 heavy (non-hydrogen) atoms. The Morgan fingerprint density at radius 1 is 1.29 bits per heavy atom. The van der Waals surface area contributed by atoms with Gasteiger partial charge in [-0.25, -0.2) is 0 Å². The molecule has 1 amide bonds. The molecule has 0 bridgehead atoms. The molecule has 0 aromatic carbocycles. The smallest absolute Gasteiger partial charge is 0.248 e. The van der Waals surface area contributed by atoms with Crippen molar-refractivity contribution in [1.82, 2.24) is 10.2 Å². The van der Waals surface area contributed by atoms with Gasteiger partial charge in [-0.3, -0.25) is 4.79 Å². The van der Waals surface area contributed by atoms with Gasteiger partial charge in [0.25, 0.3) is 0 Å². The summed E-state index contributed by atoms with van der Waals surface area (Å²) >= 11 is 0. The Kier molecular flexibility index (Phi) is 4.80. The van der Waals surface area contributed by atoms with Crippen LogP contribution in [0.3, 0.4) is 0 Å². The number of nitrogens with one attached hydrogen (secondary N) is 1. The first-order chi connectivity index (χ1) is 8.31. The third-order valence-electron chi connectivity index (χ3n) is 4.09. The van der Waals surface area contributed by atoms with Crippen LogP contribution in [0.1, 0.15) is 26.2 Å². The number of ether oxygens (including phenoxy) is 1. The summed E-state index contributed by atoms with van der Waals surface area (Å²) in [5, 5.41) is 3.43. The number of likely N-dealkylation sites (tertiary alicyclic amines) is 1. The zero-order valence-electron chi connectivity index (χ0n) is 10.8. The van der Waals surface area contributed by atoms with E-state index < -0.39 is 0 Å². The largest absolute Gasteiger partial charge is 0.372 e. The van der Waals surface area contributed by atoms with Crippen LogP contribution in [0.25, 0.3) is 0 Å². The predicted octanol–water partition coefficient (Wildman–Crippen LogP) is 0.871. The molecule has 0 aromatic heterocycles. The van der Waals surface area contributed by atoms with E-state index in [2.05, 4.69) is 5.32 Å². The molecule has 2 saturated heterocycles. The van der Waals surface area contributed by atoms with Gasteiger partial charge < -0.3 is 15.0 Å². The van der Waals surface area contributed by atoms with E-state index >= 15 is 0 Å². The first-order valence-corrected chi connectivity index (χ1v) is 6.87. The minimum absolute atomic E-state index is 0.162. The number of carbonyl (C=O) groups is 1. The van der Waals surface area contributed by atoms with Gasteiger partial charge in [0.2, 0.25) is 5.91 Å². The number of carbonyl (C=O) groups excluding carboxylic acids is 1. The van der Waals surface area contributed by atoms with Crippen molar-refractivity contribution >= 4 is 5.91 Å². The van der Waals surface area contributed by atoms with Crippen LogP contribution in [0.4, 0.5) is 0 Å². The Morgan fingerprint density at radius 3 is 2.65 bits per heavy atom. The van der Waals surface area contributed by atoms with E-state index in [-0.39, 0.29) is 12.5 Å². The van der Waals surface area contributed by atoms with E-state index in [0.717, 1.165) is 24.9 Å². The van der Waals surface area contributed by atoms with Crippen LogP contribution in [0.15, 0.2) is 0 Å². The molecular formula is C13H24N2O2. The minimum atomic E-state index is 0.162. The van der Waals surface area contributed by atoms with Crippen molar-refractivity contribution < 1.29 is 9.53 Å². The molecule has 0 saturated carbocycles. The number of piperidine rings is 1. The van der Waals surface area contributed by atoms with Crippen LogP contribution < -0.4 is 5.32 Å². The van der Waals surface area contributed by atoms with Crippen LogP contribution in [0.2, 0.25) is 0 Å². The molecule has 1 atom stereocenters. The van der Waals surface area contributed by atoms with Gasteiger partial charge in [-0.15, -0.1) is 0 Å². The topological polar surface area (TPSA) is 41.6 Å². The van der Waals surface area contributed by atoms with Crippen LogP contribution >= 0.6 is 0 Å². The summed E-state index contributed by atoms with van der Waals surface area (Å²) in [6, 6.07) is 0. The van der Waals surface area contributed by atoms with Crippen molar-refractivity contribution in [3.05, 3.63) is 0 Å². The fourth-order valence-corrected chi connectivity index (χ4v) is 2.98. The van der Waals surface area contributed by atoms with Crippen molar-refractivity contribution in [2.75, 3.05) is 39.4 Å². The Balaban J connectivity index is 1.71. The third-order valence-corrected chi connectivity index (χ3v) is 4.09. The molecule has 2 aliphatic rings. The lowest BCUT2D eigenvalue weighted by atomic mass is 9.84. The highest BCUT2D eigenvalue weighted by Gasteiger charge is 2.29. The average Bonchev–Trinajstić information content (AvgIpc) is 2.90. The lowest BCUT2D eigenvalue weighted by Crippen LogP contribution is -2.42. The first-order valence-electron chi connectivity index (χ1n) is 6.87. The highest BCUT2D eigenvalue weighted by Crippen LogP contribution is 2.28. The second-order valence-electron chi connectivity index (χ2n) is 5.11. The number of amides is 1. The number of rotatable bonds is 4. The highest BCUT2D eigenvalue weighted by atomic mass is 16.5. The average molecular weight is 240 g/mol. The van der Waals surface area contributed by atoms with Crippen molar-refractivity contribution in [2.24, 2.45) is 11.8 Å². The van der Waals surface area contributed by atoms with E-state index in [1.807, 2.05) is 11.8 Å². The molecule has 1 unspecified atom stereocenters. The quantitative estimate of drug-likeness (QED) is 0.793. The summed E-state index contributed by atoms with van der Waals surface area (Å²) in [4.78, 5) is 13.7. The minimum Gasteiger partial charge on any atom is -0.372 e. The molecule has 4 heteroatoms. The van der Waals surface area contributed by atoms with Gasteiger partial charge in [0.15, 0.2) is 0 Å². The van der Waals surface area contributed by atoms with Crippen molar-refractivity contribution in [1.29, 1.82) is 0 Å². The molecule has 2 fully saturated rings. The third kappa shape index (κ3) is 3.42. The van der Waals surface area contributed by atoms with E-state index in [4.69, 9.17) is 4.74 Å². The van der Waals surface area contributed by atoms with Crippen LogP contribution in [-0.2, 0) is 9.53 Å². The Hall–Kier alpha value is -0.610. The molecule has 0 spiro atoms. The Bertz CT molecular complexity index is 244. The summed E-state index contributed by atoms with van der Waals surface area (Å²) in [6.07, 6.45) is 3.66. The second-order valence-corrected chi connectivity index (χ2v) is 5.11. The van der Waals surface area contributed by atoms with E-state index in [1.165, 1.54) is 32.4 Å². The molecule has 98 valence electrons. The van der Waals surface area contributed by atoms with Gasteiger partial charge in [-0.05, 0) is 51.1 Å². The molecule has 2 rings (SSSR count). The van der Waals surface area contributed by atoms with Gasteiger partial charge in [-0.1, -0.05) is 0 Å². The Morgan fingerprint density at radius 2 is 2.06 bits per heavy atom. The van der Waals surface area contributed by atoms with Crippen molar-refractivity contribution in [3.8, 4) is 0 Å². The van der Waals surface area contributed by atoms with Crippen LogP contribution in [0, 0.1) is 11.8 Å². The van der Waals surface area contributed by atoms with Crippen LogP contribution in [-0.4, -0.2) is 50.2 Å². The molecular weight excluding hydrogens is 216 g/mol. The van der Waals surface area contributed by atoms with Gasteiger partial charge in [0.1, 0.15) is 6.61 Å². The van der Waals surface area contributed by atoms with Gasteiger partial charge in [0.05, 0.1) is 0 Å². The summed E-state index contributed by atoms with van der Waals surface area (Å²) in [5.74, 6) is 1.83. The van der Waals surface area contributed by atoms with E-state index in [0.29, 0.717) is 6.61 Å². The maximum atomic E-state index is 11.8. The Labute approximate surface area is 104 Å². The van der Waals surface area contributed by atoms with Gasteiger partial charge in [0, 0.05) is 19.7 Å². The SMILES string of the molecule is CCOCC(=O)N1CCC(C2CCNC2)CC1. The molecule has 0 aromatic rings. The van der Waals surface area contributed by atoms with Gasteiger partial charge >= 0.3 is 0 Å². The summed E-state index contributed by atoms with van der Waals surface area (Å²) in [6.45, 7) is 7.00. The number of nitrogens with zero attached hydrogens (tertiary/aromatic N) is 1. The monoisotopic (exact) mass is 240 g/mol. The molecule has 2 aliphatic heterocycles. The molecule has 4 nitrogen and oxygen atoms in total. The second kappa shape index (κ2) is 6.36. The zero-order chi connectivity index (χ0) is 12.1. The molecule has 1 N–H and O–H groups in total. The maximum Gasteiger partial charge on any atom is 0.248 e. The summed E-state index contributed by atoms with van der Waals surface area (Å²) in [7, 11) is 0. The molecule has 2 heterocycles. The van der Waals surface area contributed by atoms with E-state index in [9.17, 15) is 4.79 Å². The fourth-order valence-electron chi connectivity index (χ4n) is 2.98. The van der Waals surface area contributed by atoms with Crippen molar-refractivity contribution in [3.63, 3.8) is 0 Å². The first kappa shape index (κ1) is 12.8. The normalized spacial score (nSPS) is 26.4. The zero-order valence-corrected chi connectivity index (χ0v) is 10.8. The lowest BCUT2D eigenvalue weighted by molar-refractivity contribution is -0.137. The number of hydrogen-bond donors (Lipinski definition) is 1. The maximum absolute atomic E-state index is 11.8. The van der Waals surface area contributed by atoms with Gasteiger partial charge in [-0.2, -0.15) is 0 Å².